The summed E-state index contributed by atoms with van der Waals surface area (Å²) in [6.07, 6.45) is 12.8. The molecule has 7 atom stereocenters. The van der Waals surface area contributed by atoms with Gasteiger partial charge in [-0.25, -0.2) is 6.42 Å². The van der Waals surface area contributed by atoms with Crippen molar-refractivity contribution in [2.45, 2.75) is 116 Å². The van der Waals surface area contributed by atoms with Crippen LogP contribution in [0.4, 0.5) is 0 Å². The summed E-state index contributed by atoms with van der Waals surface area (Å²) in [5, 5.41) is 25.1. The first-order valence-electron chi connectivity index (χ1n) is 16.9. The van der Waals surface area contributed by atoms with Gasteiger partial charge in [0.05, 0.1) is 11.9 Å². The van der Waals surface area contributed by atoms with Gasteiger partial charge in [-0.2, -0.15) is 17.3 Å². The second-order valence-corrected chi connectivity index (χ2v) is 13.0. The first-order valence-corrected chi connectivity index (χ1v) is 16.5. The van der Waals surface area contributed by atoms with Crippen molar-refractivity contribution in [2.24, 2.45) is 34.6 Å². The Morgan fingerprint density at radius 3 is 2.67 bits per heavy atom. The average molecular weight is 752 g/mol. The maximum atomic E-state index is 9.88. The van der Waals surface area contributed by atoms with Crippen molar-refractivity contribution in [1.82, 2.24) is 0 Å². The molecule has 0 saturated carbocycles. The molecular formula is C33H52IrN2O3S-2. The van der Waals surface area contributed by atoms with Crippen molar-refractivity contribution in [1.29, 1.82) is 0 Å². The van der Waals surface area contributed by atoms with E-state index in [1.165, 1.54) is 11.3 Å². The summed E-state index contributed by atoms with van der Waals surface area (Å²) in [5.74, 6) is 4.42. The fourth-order valence-electron chi connectivity index (χ4n) is 6.96. The molecule has 4 heterocycles. The monoisotopic (exact) mass is 752 g/mol. The number of aliphatic hydroxyl groups excluding tert-OH is 2. The van der Waals surface area contributed by atoms with Crippen molar-refractivity contribution in [3.05, 3.63) is 46.6 Å². The number of ether oxygens (including phenoxy) is 1. The van der Waals surface area contributed by atoms with Crippen LogP contribution in [0.3, 0.4) is 0 Å². The number of fused-ring (bicyclic) bond motifs is 4. The molecule has 5 nitrogen and oxygen atoms in total. The first kappa shape index (κ1) is 29.4. The van der Waals surface area contributed by atoms with Crippen LogP contribution in [0.5, 0.6) is 0 Å². The van der Waals surface area contributed by atoms with Gasteiger partial charge in [-0.3, -0.25) is 4.99 Å². The predicted molar refractivity (Wildman–Crippen MR) is 165 cm³/mol. The molecule has 2 saturated heterocycles. The number of thioether (sulfide) groups is 1. The van der Waals surface area contributed by atoms with Gasteiger partial charge in [0, 0.05) is 52.8 Å². The summed E-state index contributed by atoms with van der Waals surface area (Å²) < 4.78 is 29.4. The second-order valence-electron chi connectivity index (χ2n) is 11.8. The Hall–Kier alpha value is -0.721. The fourth-order valence-corrected chi connectivity index (χ4v) is 8.59. The molecule has 2 N–H and O–H groups in total. The SMILES string of the molecule is CCC(CC)/C(O)=C/[C@@H](O)C(CC)CC.[2H]C([2H])([2H])C1=NC2OC3=C([C@@H]4[N-]CC=C5[C@H](C)CS[C@@H]54)[CH-]CC[C@H]3C2CC1.[Ir]. The minimum atomic E-state index is -2.10. The first-order chi connectivity index (χ1) is 20.0. The van der Waals surface area contributed by atoms with E-state index in [-0.39, 0.29) is 44.2 Å². The predicted octanol–water partition coefficient (Wildman–Crippen LogP) is 8.17. The third-order valence-corrected chi connectivity index (χ3v) is 11.1. The van der Waals surface area contributed by atoms with Gasteiger partial charge in [0.15, 0.2) is 6.23 Å². The van der Waals surface area contributed by atoms with E-state index in [1.54, 1.807) is 11.6 Å². The van der Waals surface area contributed by atoms with Gasteiger partial charge in [0.25, 0.3) is 0 Å². The third kappa shape index (κ3) is 7.43. The Balaban J connectivity index is 0.000000274. The maximum absolute atomic E-state index is 9.88. The molecule has 5 aliphatic rings. The minimum absolute atomic E-state index is 0. The van der Waals surface area contributed by atoms with Gasteiger partial charge in [-0.05, 0) is 62.1 Å². The Morgan fingerprint density at radius 1 is 1.25 bits per heavy atom. The Kier molecular flexibility index (Phi) is 11.5. The molecule has 1 radical (unpaired) electrons. The van der Waals surface area contributed by atoms with E-state index >= 15 is 0 Å². The van der Waals surface area contributed by atoms with Gasteiger partial charge in [-0.15, -0.1) is 25.1 Å². The molecular weight excluding hydrogens is 697 g/mol. The van der Waals surface area contributed by atoms with Crippen molar-refractivity contribution >= 4 is 17.5 Å². The quantitative estimate of drug-likeness (QED) is 0.149. The van der Waals surface area contributed by atoms with E-state index in [1.807, 2.05) is 11.8 Å². The molecule has 0 aromatic carbocycles. The Morgan fingerprint density at radius 2 is 2.00 bits per heavy atom. The van der Waals surface area contributed by atoms with Gasteiger partial charge in [0.1, 0.15) is 0 Å². The van der Waals surface area contributed by atoms with E-state index < -0.39 is 13.0 Å². The zero-order valence-corrected chi connectivity index (χ0v) is 28.1. The van der Waals surface area contributed by atoms with Gasteiger partial charge >= 0.3 is 0 Å². The van der Waals surface area contributed by atoms with Crippen molar-refractivity contribution in [2.75, 3.05) is 12.3 Å². The summed E-state index contributed by atoms with van der Waals surface area (Å²) in [6.45, 7) is 9.27. The van der Waals surface area contributed by atoms with Gasteiger partial charge < -0.3 is 20.3 Å². The molecule has 0 spiro atoms. The number of aliphatic hydroxyl groups is 2. The van der Waals surface area contributed by atoms with E-state index in [4.69, 9.17) is 14.2 Å². The molecule has 0 bridgehead atoms. The van der Waals surface area contributed by atoms with Crippen LogP contribution in [0.2, 0.25) is 0 Å². The minimum Gasteiger partial charge on any atom is -0.654 e. The summed E-state index contributed by atoms with van der Waals surface area (Å²) in [5.41, 5.74) is 3.16. The number of nitrogens with zero attached hydrogens (tertiary/aromatic N) is 2. The zero-order chi connectivity index (χ0) is 30.6. The van der Waals surface area contributed by atoms with Gasteiger partial charge in [0.2, 0.25) is 0 Å². The molecule has 0 amide bonds. The average Bonchev–Trinajstić information content (AvgIpc) is 3.54. The molecule has 0 aromatic heterocycles. The molecule has 40 heavy (non-hydrogen) atoms. The summed E-state index contributed by atoms with van der Waals surface area (Å²) in [7, 11) is 0. The molecule has 5 rings (SSSR count). The normalized spacial score (nSPS) is 33.4. The van der Waals surface area contributed by atoms with Crippen LogP contribution in [0, 0.1) is 36.0 Å². The Labute approximate surface area is 265 Å². The molecule has 2 unspecified atom stereocenters. The van der Waals surface area contributed by atoms with Crippen LogP contribution < -0.4 is 0 Å². The molecule has 4 aliphatic heterocycles. The standard InChI is InChI=1S/C20H26N2OS.C13H26O2.Ir/c1-11-10-24-19-13(11)8-9-21-17(19)16-5-3-4-14-15-7-6-12(2)22-20(15)23-18(14)16;1-5-10(6-2)12(14)9-13(15)11(7-3)8-4;/h5,8,11,14-15,17,19-20H,3-4,6-7,9-10H2,1-2H3;9-12,14-15H,5-8H2,1-4H3;/q-2;;/b;13-9-;/t11-,14+,15?,17+,19+,20?;12-;/m11./s1/i2D3;;. The smallest absolute Gasteiger partial charge is 0.171 e. The zero-order valence-electron chi connectivity index (χ0n) is 27.9. The number of rotatable bonds is 8. The van der Waals surface area contributed by atoms with Crippen LogP contribution in [-0.2, 0) is 24.8 Å². The number of allylic oxidation sites excluding steroid dienone is 2. The van der Waals surface area contributed by atoms with Crippen molar-refractivity contribution in [3.8, 4) is 0 Å². The number of hydrogen-bond donors (Lipinski definition) is 2. The van der Waals surface area contributed by atoms with Crippen LogP contribution in [0.1, 0.15) is 96.9 Å². The number of hydrogen-bond acceptors (Lipinski definition) is 5. The van der Waals surface area contributed by atoms with Crippen LogP contribution >= 0.6 is 11.8 Å². The Bertz CT molecular complexity index is 1050. The topological polar surface area (TPSA) is 76.2 Å². The third-order valence-electron chi connectivity index (χ3n) is 9.53. The van der Waals surface area contributed by atoms with Crippen LogP contribution in [-0.4, -0.2) is 51.8 Å². The summed E-state index contributed by atoms with van der Waals surface area (Å²) in [6, 6.07) is 0.184. The largest absolute Gasteiger partial charge is 0.654 e. The fraction of sp³-hybridized carbons (Fsp3) is 0.758. The van der Waals surface area contributed by atoms with Crippen LogP contribution in [0.15, 0.2) is 39.8 Å². The van der Waals surface area contributed by atoms with Crippen molar-refractivity contribution in [3.63, 3.8) is 0 Å². The van der Waals surface area contributed by atoms with Crippen molar-refractivity contribution < 1.29 is 39.2 Å². The molecule has 0 aromatic rings. The molecule has 2 fully saturated rings. The van der Waals surface area contributed by atoms with E-state index in [0.29, 0.717) is 40.9 Å². The van der Waals surface area contributed by atoms with E-state index in [0.717, 1.165) is 57.2 Å². The molecule has 1 aliphatic carbocycles. The molecule has 229 valence electrons. The van der Waals surface area contributed by atoms with E-state index in [9.17, 15) is 10.2 Å². The van der Waals surface area contributed by atoms with Crippen LogP contribution in [0.25, 0.3) is 5.32 Å². The maximum Gasteiger partial charge on any atom is 0.171 e. The summed E-state index contributed by atoms with van der Waals surface area (Å²) in [4.78, 5) is 4.53. The second kappa shape index (κ2) is 15.7. The van der Waals surface area contributed by atoms with E-state index in [2.05, 4.69) is 52.1 Å². The molecule has 7 heteroatoms. The summed E-state index contributed by atoms with van der Waals surface area (Å²) >= 11 is 2.03. The van der Waals surface area contributed by atoms with Gasteiger partial charge in [-0.1, -0.05) is 59.5 Å². The number of aliphatic imine (C=N–C) groups is 1.